The topological polar surface area (TPSA) is 75.6 Å². The van der Waals surface area contributed by atoms with Crippen LogP contribution in [0.1, 0.15) is 11.1 Å². The molecule has 0 aliphatic rings. The molecule has 0 aliphatic heterocycles. The van der Waals surface area contributed by atoms with Crippen molar-refractivity contribution in [3.63, 3.8) is 0 Å². The lowest BCUT2D eigenvalue weighted by Gasteiger charge is -2.09. The molecule has 130 valence electrons. The van der Waals surface area contributed by atoms with Crippen LogP contribution in [0.25, 0.3) is 16.8 Å². The van der Waals surface area contributed by atoms with Crippen LogP contribution in [0.3, 0.4) is 0 Å². The molecule has 5 nitrogen and oxygen atoms in total. The first-order valence-electron chi connectivity index (χ1n) is 8.04. The molecule has 0 unspecified atom stereocenters. The summed E-state index contributed by atoms with van der Waals surface area (Å²) in [4.78, 5) is 23.5. The number of amides is 1. The van der Waals surface area contributed by atoms with Crippen molar-refractivity contribution in [3.05, 3.63) is 89.6 Å². The van der Waals surface area contributed by atoms with Gasteiger partial charge >= 0.3 is 12.1 Å². The summed E-state index contributed by atoms with van der Waals surface area (Å²) in [5, 5.41) is 13.6. The lowest BCUT2D eigenvalue weighted by molar-refractivity contribution is -0.132. The van der Waals surface area contributed by atoms with E-state index in [1.54, 1.807) is 6.07 Å². The van der Waals surface area contributed by atoms with E-state index in [1.807, 2.05) is 66.7 Å². The number of aliphatic carboxylic acids is 1. The van der Waals surface area contributed by atoms with Gasteiger partial charge < -0.3 is 9.84 Å². The SMILES string of the molecule is O=C(NC(=Cc1cccc2ccccc12)C(=O)O)OCc1ccccc1. The van der Waals surface area contributed by atoms with E-state index in [9.17, 15) is 14.7 Å². The van der Waals surface area contributed by atoms with Gasteiger partial charge in [0.05, 0.1) is 0 Å². The van der Waals surface area contributed by atoms with Crippen LogP contribution in [0.4, 0.5) is 4.79 Å². The van der Waals surface area contributed by atoms with Gasteiger partial charge in [0, 0.05) is 0 Å². The summed E-state index contributed by atoms with van der Waals surface area (Å²) in [6.07, 6.45) is 0.608. The summed E-state index contributed by atoms with van der Waals surface area (Å²) in [5.41, 5.74) is 1.26. The standard InChI is InChI=1S/C21H17NO4/c23-20(24)19(22-21(25)26-14-15-7-2-1-3-8-15)13-17-11-6-10-16-9-4-5-12-18(16)17/h1-13H,14H2,(H,22,25)(H,23,24). The van der Waals surface area contributed by atoms with E-state index >= 15 is 0 Å². The van der Waals surface area contributed by atoms with Gasteiger partial charge in [-0.1, -0.05) is 72.8 Å². The van der Waals surface area contributed by atoms with E-state index in [-0.39, 0.29) is 12.3 Å². The molecule has 3 aromatic carbocycles. The average Bonchev–Trinajstić information content (AvgIpc) is 2.67. The molecule has 0 bridgehead atoms. The predicted molar refractivity (Wildman–Crippen MR) is 99.3 cm³/mol. The first-order chi connectivity index (χ1) is 12.6. The minimum atomic E-state index is -1.24. The van der Waals surface area contributed by atoms with Crippen LogP contribution in [0.5, 0.6) is 0 Å². The van der Waals surface area contributed by atoms with Gasteiger partial charge in [0.2, 0.25) is 0 Å². The van der Waals surface area contributed by atoms with E-state index in [1.165, 1.54) is 6.08 Å². The van der Waals surface area contributed by atoms with Crippen LogP contribution in [-0.2, 0) is 16.1 Å². The summed E-state index contributed by atoms with van der Waals surface area (Å²) in [7, 11) is 0. The first kappa shape index (κ1) is 17.2. The Kier molecular flexibility index (Phi) is 5.29. The van der Waals surface area contributed by atoms with Crippen LogP contribution in [0.2, 0.25) is 0 Å². The van der Waals surface area contributed by atoms with Crippen LogP contribution in [0, 0.1) is 0 Å². The number of hydrogen-bond donors (Lipinski definition) is 2. The van der Waals surface area contributed by atoms with E-state index < -0.39 is 12.1 Å². The molecule has 5 heteroatoms. The molecule has 0 aliphatic carbocycles. The van der Waals surface area contributed by atoms with Crippen molar-refractivity contribution in [2.45, 2.75) is 6.61 Å². The molecule has 0 radical (unpaired) electrons. The highest BCUT2D eigenvalue weighted by molar-refractivity contribution is 5.99. The number of carbonyl (C=O) groups is 2. The highest BCUT2D eigenvalue weighted by atomic mass is 16.5. The zero-order chi connectivity index (χ0) is 18.4. The van der Waals surface area contributed by atoms with Crippen molar-refractivity contribution in [3.8, 4) is 0 Å². The van der Waals surface area contributed by atoms with Gasteiger partial charge in [-0.2, -0.15) is 0 Å². The predicted octanol–water partition coefficient (Wildman–Crippen LogP) is 4.19. The highest BCUT2D eigenvalue weighted by Gasteiger charge is 2.13. The number of carboxylic acid groups (broad SMARTS) is 1. The Morgan fingerprint density at radius 1 is 0.923 bits per heavy atom. The molecule has 2 N–H and O–H groups in total. The maximum Gasteiger partial charge on any atom is 0.412 e. The average molecular weight is 347 g/mol. The minimum absolute atomic E-state index is 0.0633. The molecule has 0 saturated heterocycles. The Morgan fingerprint density at radius 2 is 1.62 bits per heavy atom. The maximum atomic E-state index is 11.9. The molecule has 3 rings (SSSR count). The van der Waals surface area contributed by atoms with E-state index in [4.69, 9.17) is 4.74 Å². The molecule has 0 aromatic heterocycles. The summed E-state index contributed by atoms with van der Waals surface area (Å²) >= 11 is 0. The van der Waals surface area contributed by atoms with Gasteiger partial charge in [0.25, 0.3) is 0 Å². The molecule has 26 heavy (non-hydrogen) atoms. The van der Waals surface area contributed by atoms with Crippen molar-refractivity contribution in [1.82, 2.24) is 5.32 Å². The minimum Gasteiger partial charge on any atom is -0.477 e. The number of carboxylic acids is 1. The van der Waals surface area contributed by atoms with Gasteiger partial charge in [-0.05, 0) is 28.0 Å². The van der Waals surface area contributed by atoms with Crippen molar-refractivity contribution in [2.75, 3.05) is 0 Å². The van der Waals surface area contributed by atoms with Gasteiger partial charge in [-0.15, -0.1) is 0 Å². The number of hydrogen-bond acceptors (Lipinski definition) is 3. The van der Waals surface area contributed by atoms with Crippen LogP contribution in [0.15, 0.2) is 78.5 Å². The van der Waals surface area contributed by atoms with Crippen molar-refractivity contribution in [2.24, 2.45) is 0 Å². The fourth-order valence-corrected chi connectivity index (χ4v) is 2.55. The number of carbonyl (C=O) groups excluding carboxylic acids is 1. The lowest BCUT2D eigenvalue weighted by Crippen LogP contribution is -2.27. The lowest BCUT2D eigenvalue weighted by atomic mass is 10.0. The Balaban J connectivity index is 1.77. The second-order valence-corrected chi connectivity index (χ2v) is 5.62. The van der Waals surface area contributed by atoms with Crippen LogP contribution >= 0.6 is 0 Å². The number of ether oxygens (including phenoxy) is 1. The Morgan fingerprint density at radius 3 is 2.38 bits per heavy atom. The quantitative estimate of drug-likeness (QED) is 0.679. The third kappa shape index (κ3) is 4.27. The van der Waals surface area contributed by atoms with Crippen molar-refractivity contribution in [1.29, 1.82) is 0 Å². The van der Waals surface area contributed by atoms with Gasteiger partial charge in [0.1, 0.15) is 12.3 Å². The third-order valence-corrected chi connectivity index (χ3v) is 3.80. The number of fused-ring (bicyclic) bond motifs is 1. The zero-order valence-electron chi connectivity index (χ0n) is 13.9. The smallest absolute Gasteiger partial charge is 0.412 e. The number of alkyl carbamates (subject to hydrolysis) is 1. The number of benzene rings is 3. The van der Waals surface area contributed by atoms with E-state index in [2.05, 4.69) is 5.32 Å². The van der Waals surface area contributed by atoms with Crippen LogP contribution < -0.4 is 5.32 Å². The second-order valence-electron chi connectivity index (χ2n) is 5.62. The molecular weight excluding hydrogens is 330 g/mol. The molecule has 0 spiro atoms. The normalized spacial score (nSPS) is 11.2. The molecule has 1 amide bonds. The zero-order valence-corrected chi connectivity index (χ0v) is 13.9. The second kappa shape index (κ2) is 7.98. The van der Waals surface area contributed by atoms with Crippen molar-refractivity contribution < 1.29 is 19.4 Å². The molecule has 0 fully saturated rings. The summed E-state index contributed by atoms with van der Waals surface area (Å²) < 4.78 is 5.08. The molecule has 0 atom stereocenters. The molecule has 0 heterocycles. The summed E-state index contributed by atoms with van der Waals surface area (Å²) in [6.45, 7) is 0.0633. The molecule has 0 saturated carbocycles. The fraction of sp³-hybridized carbons (Fsp3) is 0.0476. The number of rotatable bonds is 5. The van der Waals surface area contributed by atoms with Crippen molar-refractivity contribution >= 4 is 28.9 Å². The Bertz CT molecular complexity index is 959. The molecule has 3 aromatic rings. The van der Waals surface area contributed by atoms with Crippen LogP contribution in [-0.4, -0.2) is 17.2 Å². The summed E-state index contributed by atoms with van der Waals surface area (Å²) in [5.74, 6) is -1.24. The monoisotopic (exact) mass is 347 g/mol. The molecular formula is C21H17NO4. The van der Waals surface area contributed by atoms with Gasteiger partial charge in [-0.3, -0.25) is 5.32 Å². The van der Waals surface area contributed by atoms with Gasteiger partial charge in [0.15, 0.2) is 0 Å². The largest absolute Gasteiger partial charge is 0.477 e. The highest BCUT2D eigenvalue weighted by Crippen LogP contribution is 2.20. The maximum absolute atomic E-state index is 11.9. The Hall–Kier alpha value is -3.60. The van der Waals surface area contributed by atoms with Gasteiger partial charge in [-0.25, -0.2) is 9.59 Å². The summed E-state index contributed by atoms with van der Waals surface area (Å²) in [6, 6.07) is 22.4. The number of nitrogens with one attached hydrogen (secondary N) is 1. The fourth-order valence-electron chi connectivity index (χ4n) is 2.55. The van der Waals surface area contributed by atoms with E-state index in [0.29, 0.717) is 5.56 Å². The Labute approximate surface area is 150 Å². The first-order valence-corrected chi connectivity index (χ1v) is 8.04. The van der Waals surface area contributed by atoms with E-state index in [0.717, 1.165) is 16.3 Å². The third-order valence-electron chi connectivity index (χ3n) is 3.80.